The van der Waals surface area contributed by atoms with E-state index in [1.807, 2.05) is 7.11 Å². The standard InChI is InChI=1S/C27H42O3/c1-16(2)18-10-11-25(4)12-13-26(5)15-20-17(3)14-27(29-7)22(20)19(24(28-6)30-27)8-9-21(26)23(18)25/h8,17-18,20-24H,1,9-15H2,2-7H3/t17-,18+,20-,21-,22-,23-,24-,25-,26+,27+/m0/s1. The molecule has 4 aliphatic carbocycles. The fraction of sp³-hybridized carbons (Fsp3) is 0.852. The van der Waals surface area contributed by atoms with Crippen molar-refractivity contribution in [2.75, 3.05) is 14.2 Å². The number of ether oxygens (including phenoxy) is 3. The van der Waals surface area contributed by atoms with Crippen LogP contribution in [0.4, 0.5) is 0 Å². The molecule has 0 aromatic carbocycles. The molecule has 3 saturated carbocycles. The van der Waals surface area contributed by atoms with Crippen LogP contribution in [-0.4, -0.2) is 26.3 Å². The average Bonchev–Trinajstić information content (AvgIpc) is 3.28. The first kappa shape index (κ1) is 21.2. The van der Waals surface area contributed by atoms with Crippen LogP contribution >= 0.6 is 0 Å². The molecule has 5 aliphatic rings. The van der Waals surface area contributed by atoms with Crippen molar-refractivity contribution in [1.82, 2.24) is 0 Å². The van der Waals surface area contributed by atoms with Gasteiger partial charge >= 0.3 is 0 Å². The third-order valence-electron chi connectivity index (χ3n) is 10.5. The number of hydrogen-bond donors (Lipinski definition) is 0. The lowest BCUT2D eigenvalue weighted by molar-refractivity contribution is -0.262. The van der Waals surface area contributed by atoms with Crippen molar-refractivity contribution < 1.29 is 14.2 Å². The summed E-state index contributed by atoms with van der Waals surface area (Å²) in [7, 11) is 3.61. The minimum Gasteiger partial charge on any atom is -0.352 e. The Morgan fingerprint density at radius 2 is 1.87 bits per heavy atom. The van der Waals surface area contributed by atoms with Gasteiger partial charge in [-0.25, -0.2) is 0 Å². The lowest BCUT2D eigenvalue weighted by atomic mass is 9.49. The van der Waals surface area contributed by atoms with Crippen molar-refractivity contribution in [1.29, 1.82) is 0 Å². The lowest BCUT2D eigenvalue weighted by Crippen LogP contribution is -2.48. The molecule has 0 radical (unpaired) electrons. The molecule has 3 heteroatoms. The van der Waals surface area contributed by atoms with Gasteiger partial charge in [0.05, 0.1) is 0 Å². The Hall–Kier alpha value is -0.640. The summed E-state index contributed by atoms with van der Waals surface area (Å²) in [6.07, 6.45) is 11.2. The summed E-state index contributed by atoms with van der Waals surface area (Å²) in [6.45, 7) is 14.3. The van der Waals surface area contributed by atoms with Crippen molar-refractivity contribution in [2.45, 2.75) is 84.7 Å². The van der Waals surface area contributed by atoms with Crippen LogP contribution in [0.1, 0.15) is 72.6 Å². The molecule has 0 N–H and O–H groups in total. The maximum Gasteiger partial charge on any atom is 0.183 e. The van der Waals surface area contributed by atoms with E-state index in [0.717, 1.165) is 24.7 Å². The Morgan fingerprint density at radius 3 is 2.53 bits per heavy atom. The summed E-state index contributed by atoms with van der Waals surface area (Å²) >= 11 is 0. The quantitative estimate of drug-likeness (QED) is 0.504. The first-order chi connectivity index (χ1) is 14.2. The molecule has 0 aromatic rings. The molecule has 0 unspecified atom stereocenters. The van der Waals surface area contributed by atoms with Crippen molar-refractivity contribution in [2.24, 2.45) is 46.3 Å². The molecule has 0 bridgehead atoms. The molecule has 5 rings (SSSR count). The summed E-state index contributed by atoms with van der Waals surface area (Å²) in [5, 5.41) is 0. The van der Waals surface area contributed by atoms with Crippen molar-refractivity contribution in [3.63, 3.8) is 0 Å². The topological polar surface area (TPSA) is 27.7 Å². The zero-order valence-electron chi connectivity index (χ0n) is 20.0. The van der Waals surface area contributed by atoms with Crippen LogP contribution in [0, 0.1) is 46.3 Å². The molecule has 30 heavy (non-hydrogen) atoms. The second-order valence-electron chi connectivity index (χ2n) is 12.1. The van der Waals surface area contributed by atoms with Gasteiger partial charge < -0.3 is 14.2 Å². The first-order valence-electron chi connectivity index (χ1n) is 12.3. The predicted molar refractivity (Wildman–Crippen MR) is 120 cm³/mol. The summed E-state index contributed by atoms with van der Waals surface area (Å²) < 4.78 is 18.4. The van der Waals surface area contributed by atoms with Gasteiger partial charge in [-0.1, -0.05) is 39.0 Å². The summed E-state index contributed by atoms with van der Waals surface area (Å²) in [4.78, 5) is 0. The number of rotatable bonds is 3. The highest BCUT2D eigenvalue weighted by Gasteiger charge is 2.65. The lowest BCUT2D eigenvalue weighted by Gasteiger charge is -2.56. The molecule has 168 valence electrons. The molecule has 10 atom stereocenters. The molecule has 1 aliphatic heterocycles. The van der Waals surface area contributed by atoms with E-state index in [0.29, 0.717) is 34.5 Å². The molecule has 3 nitrogen and oxygen atoms in total. The third-order valence-corrected chi connectivity index (χ3v) is 10.5. The van der Waals surface area contributed by atoms with Gasteiger partial charge in [-0.15, -0.1) is 0 Å². The summed E-state index contributed by atoms with van der Waals surface area (Å²) in [6, 6.07) is 0. The average molecular weight is 415 g/mol. The molecular formula is C27H42O3. The number of hydrogen-bond acceptors (Lipinski definition) is 3. The van der Waals surface area contributed by atoms with Gasteiger partial charge in [-0.05, 0) is 91.4 Å². The summed E-state index contributed by atoms with van der Waals surface area (Å²) in [5.74, 6) is 3.24. The number of allylic oxidation sites excluding steroid dienone is 2. The first-order valence-corrected chi connectivity index (χ1v) is 12.3. The van der Waals surface area contributed by atoms with Gasteiger partial charge in [0.25, 0.3) is 0 Å². The zero-order valence-corrected chi connectivity index (χ0v) is 20.0. The van der Waals surface area contributed by atoms with E-state index in [2.05, 4.69) is 40.3 Å². The Labute approximate surface area is 183 Å². The zero-order chi connectivity index (χ0) is 21.5. The molecule has 1 heterocycles. The normalized spacial score (nSPS) is 54.6. The van der Waals surface area contributed by atoms with Crippen molar-refractivity contribution >= 4 is 0 Å². The number of fused-ring (bicyclic) bond motifs is 3. The Kier molecular flexibility index (Phi) is 4.90. The van der Waals surface area contributed by atoms with Gasteiger partial charge in [-0.3, -0.25) is 0 Å². The van der Waals surface area contributed by atoms with Crippen molar-refractivity contribution in [3.8, 4) is 0 Å². The van der Waals surface area contributed by atoms with Gasteiger partial charge in [0.15, 0.2) is 12.1 Å². The second-order valence-corrected chi connectivity index (χ2v) is 12.1. The van der Waals surface area contributed by atoms with E-state index in [1.54, 1.807) is 7.11 Å². The largest absolute Gasteiger partial charge is 0.352 e. The fourth-order valence-electron chi connectivity index (χ4n) is 8.99. The third kappa shape index (κ3) is 2.74. The molecule has 0 spiro atoms. The van der Waals surface area contributed by atoms with Crippen LogP contribution in [0.5, 0.6) is 0 Å². The van der Waals surface area contributed by atoms with Crippen molar-refractivity contribution in [3.05, 3.63) is 23.8 Å². The smallest absolute Gasteiger partial charge is 0.183 e. The van der Waals surface area contributed by atoms with Gasteiger partial charge in [0.2, 0.25) is 0 Å². The van der Waals surface area contributed by atoms with Crippen LogP contribution < -0.4 is 0 Å². The van der Waals surface area contributed by atoms with Gasteiger partial charge in [0, 0.05) is 26.6 Å². The number of methoxy groups -OCH3 is 2. The van der Waals surface area contributed by atoms with Gasteiger partial charge in [-0.2, -0.15) is 0 Å². The van der Waals surface area contributed by atoms with Crippen LogP contribution in [0.15, 0.2) is 23.8 Å². The SMILES string of the molecule is C=C(C)[C@H]1CC[C@@]2(C)CC[C@]3(C)C[C@H]4[C@@H](C)C[C@@]5(OC)O[C@H](OC)C(=CC[C@H]3[C@H]12)[C@@H]45. The van der Waals surface area contributed by atoms with Crippen LogP contribution in [0.3, 0.4) is 0 Å². The molecule has 0 amide bonds. The maximum atomic E-state index is 6.49. The van der Waals surface area contributed by atoms with Crippen LogP contribution in [0.25, 0.3) is 0 Å². The Bertz CT molecular complexity index is 757. The van der Waals surface area contributed by atoms with E-state index >= 15 is 0 Å². The minimum atomic E-state index is -0.490. The second kappa shape index (κ2) is 6.93. The highest BCUT2D eigenvalue weighted by molar-refractivity contribution is 5.27. The van der Waals surface area contributed by atoms with E-state index in [4.69, 9.17) is 14.2 Å². The highest BCUT2D eigenvalue weighted by atomic mass is 16.8. The van der Waals surface area contributed by atoms with E-state index in [-0.39, 0.29) is 6.29 Å². The van der Waals surface area contributed by atoms with E-state index < -0.39 is 5.79 Å². The summed E-state index contributed by atoms with van der Waals surface area (Å²) in [5.41, 5.74) is 3.65. The highest BCUT2D eigenvalue weighted by Crippen LogP contribution is 2.68. The van der Waals surface area contributed by atoms with Crippen LogP contribution in [0.2, 0.25) is 0 Å². The Balaban J connectivity index is 1.59. The maximum absolute atomic E-state index is 6.49. The van der Waals surface area contributed by atoms with Gasteiger partial charge in [0.1, 0.15) is 0 Å². The molecular weight excluding hydrogens is 372 g/mol. The predicted octanol–water partition coefficient (Wildman–Crippen LogP) is 6.35. The molecule has 4 fully saturated rings. The minimum absolute atomic E-state index is 0.246. The molecule has 1 saturated heterocycles. The van der Waals surface area contributed by atoms with E-state index in [1.165, 1.54) is 43.3 Å². The molecule has 0 aromatic heterocycles. The van der Waals surface area contributed by atoms with Crippen LogP contribution in [-0.2, 0) is 14.2 Å². The monoisotopic (exact) mass is 414 g/mol. The Morgan fingerprint density at radius 1 is 1.13 bits per heavy atom. The fourth-order valence-corrected chi connectivity index (χ4v) is 8.99. The van der Waals surface area contributed by atoms with E-state index in [9.17, 15) is 0 Å².